The minimum atomic E-state index is -5.69. The summed E-state index contributed by atoms with van der Waals surface area (Å²) in [7, 11) is -28.2. The van der Waals surface area contributed by atoms with Crippen molar-refractivity contribution in [1.29, 1.82) is 0 Å². The molecule has 5 aromatic rings. The fourth-order valence-corrected chi connectivity index (χ4v) is 16.8. The molecule has 1 aliphatic carbocycles. The molecule has 0 saturated heterocycles. The Morgan fingerprint density at radius 2 is 0.766 bits per heavy atom. The molecule has 0 bridgehead atoms. The van der Waals surface area contributed by atoms with Crippen molar-refractivity contribution in [3.05, 3.63) is 158 Å². The second kappa shape index (κ2) is 42.9. The summed E-state index contributed by atoms with van der Waals surface area (Å²) >= 11 is 18.0. The highest BCUT2D eigenvalue weighted by Gasteiger charge is 2.43. The molecule has 0 spiro atoms. The monoisotopic (exact) mass is 2650 g/mol. The van der Waals surface area contributed by atoms with Crippen molar-refractivity contribution >= 4 is 283 Å². The summed E-state index contributed by atoms with van der Waals surface area (Å²) in [6, 6.07) is 24.6. The van der Waals surface area contributed by atoms with Crippen molar-refractivity contribution in [2.24, 2.45) is 5.92 Å². The third-order valence-corrected chi connectivity index (χ3v) is 25.3. The molecule has 0 aromatic heterocycles. The quantitative estimate of drug-likeness (QED) is 0.0216. The van der Waals surface area contributed by atoms with E-state index in [0.717, 1.165) is 21.4 Å². The molecule has 0 aliphatic heterocycles. The lowest BCUT2D eigenvalue weighted by molar-refractivity contribution is -0.133. The third kappa shape index (κ3) is 35.3. The Morgan fingerprint density at radius 3 is 1.17 bits per heavy atom. The zero-order chi connectivity index (χ0) is 82.7. The van der Waals surface area contributed by atoms with E-state index >= 15 is 0 Å². The summed E-state index contributed by atoms with van der Waals surface area (Å²) < 4.78 is 332. The van der Waals surface area contributed by atoms with E-state index in [1.165, 1.54) is 30.3 Å². The second-order valence-electron chi connectivity index (χ2n) is 20.0. The third-order valence-electron chi connectivity index (χ3n) is 11.8. The van der Waals surface area contributed by atoms with Crippen LogP contribution < -0.4 is 18.9 Å². The minimum Gasteiger partial charge on any atom is -0.538 e. The van der Waals surface area contributed by atoms with Crippen LogP contribution >= 0.6 is 203 Å². The Balaban J connectivity index is 0.000000460. The molecule has 0 amide bonds. The summed E-state index contributed by atoms with van der Waals surface area (Å²) in [6.07, 6.45) is 1.23. The number of hydrogen-bond acceptors (Lipinski definition) is 20. The smallest absolute Gasteiger partial charge is 0.480 e. The van der Waals surface area contributed by atoms with E-state index in [9.17, 15) is 132 Å². The summed E-state index contributed by atoms with van der Waals surface area (Å²) in [5, 5.41) is 0. The van der Waals surface area contributed by atoms with Gasteiger partial charge in [-0.3, -0.25) is 19.2 Å². The predicted octanol–water partition coefficient (Wildman–Crippen LogP) is 17.1. The number of carbonyl (C=O) groups excluding carboxylic acids is 5. The van der Waals surface area contributed by atoms with Crippen molar-refractivity contribution in [3.63, 3.8) is 0 Å². The molecule has 0 unspecified atom stereocenters. The molecule has 0 heterocycles. The van der Waals surface area contributed by atoms with Gasteiger partial charge in [-0.15, -0.1) is 6.04 Å². The highest BCUT2D eigenvalue weighted by molar-refractivity contribution is 14.1. The molecule has 0 N–H and O–H groups in total. The van der Waals surface area contributed by atoms with Crippen LogP contribution in [-0.4, -0.2) is 137 Å². The molecule has 6 rings (SSSR count). The molecular formula is C53H40F15I9N5O20S5-5. The number of alkyl halides is 15. The van der Waals surface area contributed by atoms with Gasteiger partial charge in [-0.2, -0.15) is 65.9 Å². The number of carbonyl (C=O) groups is 5. The maximum absolute atomic E-state index is 12.7. The Labute approximate surface area is 721 Å². The zero-order valence-corrected chi connectivity index (χ0v) is 75.6. The first-order valence-corrected chi connectivity index (χ1v) is 44.0. The maximum Gasteiger partial charge on any atom is 0.480 e. The number of ether oxygens (including phenoxy) is 5. The molecule has 1 fully saturated rings. The number of para-hydroxylation sites is 1. The van der Waals surface area contributed by atoms with Gasteiger partial charge in [0.25, 0.3) is 23.9 Å². The van der Waals surface area contributed by atoms with Crippen LogP contribution in [0.25, 0.3) is 23.6 Å². The normalized spacial score (nSPS) is 14.6. The average molecular weight is 2650 g/mol. The zero-order valence-electron chi connectivity index (χ0n) is 52.1. The summed E-state index contributed by atoms with van der Waals surface area (Å²) in [5.74, 6) is -4.90. The lowest BCUT2D eigenvalue weighted by Gasteiger charge is -2.42. The molecule has 5 aromatic carbocycles. The van der Waals surface area contributed by atoms with Crippen molar-refractivity contribution in [2.75, 3.05) is 26.2 Å². The topological polar surface area (TPSA) is 373 Å². The first-order chi connectivity index (χ1) is 48.4. The van der Waals surface area contributed by atoms with Gasteiger partial charge in [-0.05, 0) is 341 Å². The highest BCUT2D eigenvalue weighted by Crippen LogP contribution is 2.41. The van der Waals surface area contributed by atoms with Gasteiger partial charge in [0.15, 0.2) is 55.9 Å². The molecule has 25 nitrogen and oxygen atoms in total. The standard InChI is InChI=1S/C17H18F3I3NO4S.C9H4F3I3NO4S.3C9H6F3INO4S/c1-16(2,28-15(25)12-7-10(21)8-13(22)14(12)23)9-3-5-11(6-4-9)24-29(26,27)17(18,19)20;10-9(11,12)21(18,19)16-3-7(17)20-8-5(14)1-4(13)2-6(8)15;10-9(11,12)19(16,17)14-5-8(15)18-7-3-1-6(13)2-4-7;10-9(11,12)19(16,17)14-5-8(15)18-7-3-1-2-6(13)4-7;10-9(11,12)19(16,17)14-5-8(15)18-7-4-2-1-3-6(7)13/h7-9,11H,3-6H2,1-2H3;1-2H,3H2;3*1-4H,5H2/q5*-1. The van der Waals surface area contributed by atoms with Gasteiger partial charge in [0.2, 0.25) is 0 Å². The molecule has 0 atom stereocenters. The van der Waals surface area contributed by atoms with Crippen LogP contribution in [-0.2, 0) is 74.0 Å². The lowest BCUT2D eigenvalue weighted by Crippen LogP contribution is -2.40. The molecule has 107 heavy (non-hydrogen) atoms. The fourth-order valence-electron chi connectivity index (χ4n) is 6.87. The minimum absolute atomic E-state index is 0.0880. The largest absolute Gasteiger partial charge is 0.538 e. The number of esters is 5. The lowest BCUT2D eigenvalue weighted by atomic mass is 9.77. The van der Waals surface area contributed by atoms with Crippen LogP contribution in [0.5, 0.6) is 23.0 Å². The number of benzene rings is 5. The summed E-state index contributed by atoms with van der Waals surface area (Å²) in [6.45, 7) is -1.38. The van der Waals surface area contributed by atoms with Gasteiger partial charge in [-0.1, -0.05) is 31.0 Å². The molecular weight excluding hydrogens is 2610 g/mol. The van der Waals surface area contributed by atoms with Gasteiger partial charge in [-0.25, -0.2) is 46.9 Å². The van der Waals surface area contributed by atoms with Crippen LogP contribution in [0.1, 0.15) is 49.9 Å². The Kier molecular flexibility index (Phi) is 40.8. The first kappa shape index (κ1) is 102. The summed E-state index contributed by atoms with van der Waals surface area (Å²) in [4.78, 5) is 57.6. The van der Waals surface area contributed by atoms with Crippen LogP contribution in [0, 0.1) is 38.0 Å². The van der Waals surface area contributed by atoms with E-state index in [2.05, 4.69) is 106 Å². The average Bonchev–Trinajstić information content (AvgIpc) is 0.801. The van der Waals surface area contributed by atoms with Gasteiger partial charge < -0.3 is 47.3 Å². The van der Waals surface area contributed by atoms with Crippen molar-refractivity contribution in [1.82, 2.24) is 0 Å². The van der Waals surface area contributed by atoms with Crippen LogP contribution in [0.2, 0.25) is 0 Å². The van der Waals surface area contributed by atoms with E-state index in [4.69, 9.17) is 9.47 Å². The fraction of sp³-hybridized carbons (Fsp3) is 0.340. The number of sulfonamides is 5. The Hall–Kier alpha value is -1.48. The van der Waals surface area contributed by atoms with Crippen molar-refractivity contribution in [3.8, 4) is 23.0 Å². The number of rotatable bonds is 21. The van der Waals surface area contributed by atoms with E-state index < -0.39 is 145 Å². The molecule has 1 saturated carbocycles. The maximum atomic E-state index is 12.7. The van der Waals surface area contributed by atoms with Crippen LogP contribution in [0.15, 0.2) is 97.1 Å². The summed E-state index contributed by atoms with van der Waals surface area (Å²) in [5.41, 5.74) is -27.8. The molecule has 1 aliphatic rings. The number of hydrogen-bond donors (Lipinski definition) is 0. The highest BCUT2D eigenvalue weighted by atomic mass is 127. The Morgan fingerprint density at radius 1 is 0.393 bits per heavy atom. The van der Waals surface area contributed by atoms with E-state index in [1.54, 1.807) is 74.5 Å². The van der Waals surface area contributed by atoms with E-state index in [1.807, 2.05) is 142 Å². The predicted molar refractivity (Wildman–Crippen MR) is 426 cm³/mol. The van der Waals surface area contributed by atoms with Gasteiger partial charge >= 0.3 is 33.5 Å². The van der Waals surface area contributed by atoms with Crippen molar-refractivity contribution < 1.29 is 156 Å². The van der Waals surface area contributed by atoms with Gasteiger partial charge in [0, 0.05) is 21.4 Å². The molecule has 600 valence electrons. The van der Waals surface area contributed by atoms with Crippen molar-refractivity contribution in [2.45, 2.75) is 78.7 Å². The van der Waals surface area contributed by atoms with E-state index in [-0.39, 0.29) is 41.8 Å². The number of nitrogens with zero attached hydrogens (tertiary/aromatic N) is 5. The van der Waals surface area contributed by atoms with Crippen LogP contribution in [0.3, 0.4) is 0 Å². The molecule has 54 heteroatoms. The van der Waals surface area contributed by atoms with Gasteiger partial charge in [0.05, 0.1) is 16.3 Å². The number of halogens is 24. The van der Waals surface area contributed by atoms with E-state index in [0.29, 0.717) is 29.1 Å². The first-order valence-electron chi connectivity index (χ1n) is 27.1. The second-order valence-corrected chi connectivity index (χ2v) is 39.1. The molecule has 0 radical (unpaired) electrons. The van der Waals surface area contributed by atoms with Gasteiger partial charge in [0.1, 0.15) is 22.8 Å². The Bertz CT molecular complexity index is 4550. The van der Waals surface area contributed by atoms with Crippen LogP contribution in [0.4, 0.5) is 65.9 Å². The SMILES string of the molecule is CC(C)(OC(=O)c1cc(I)cc(I)c1I)C1CCC([N-]S(=O)(=O)C(F)(F)F)CC1.O=C(C[N-]S(=O)(=O)C(F)(F)F)Oc1c(I)cc(I)cc1I.O=C(C[N-]S(=O)(=O)C(F)(F)F)Oc1ccc(I)cc1.O=C(C[N-]S(=O)(=O)C(F)(F)F)Oc1cccc(I)c1.O=C(C[N-]S(=O)(=O)C(F)(F)F)Oc1ccccc1I.